The van der Waals surface area contributed by atoms with Crippen molar-refractivity contribution in [2.45, 2.75) is 25.0 Å². The average Bonchev–Trinajstić information content (AvgIpc) is 3.59. The van der Waals surface area contributed by atoms with Crippen molar-refractivity contribution in [3.8, 4) is 0 Å². The molecular formula is C26H27N5OS. The lowest BCUT2D eigenvalue weighted by Crippen LogP contribution is -2.32. The highest BCUT2D eigenvalue weighted by molar-refractivity contribution is 7.80. The standard InChI is InChI=1S/C26H27N5OS/c33-26-29-24(22-12-4-5-14-28-22)25(23-13-6-16-30(23)19-21-11-7-18-32-21)31(26)17-8-15-27-20-9-2-1-3-10-20/h1-7,9-14,16,18,24-25,27H,8,15,17,19H2,(H,29,33). The van der Waals surface area contributed by atoms with E-state index in [1.165, 1.54) is 5.69 Å². The van der Waals surface area contributed by atoms with E-state index < -0.39 is 0 Å². The number of furan rings is 1. The molecule has 2 atom stereocenters. The van der Waals surface area contributed by atoms with Crippen molar-refractivity contribution in [3.05, 3.63) is 109 Å². The molecule has 7 heteroatoms. The third kappa shape index (κ3) is 4.78. The van der Waals surface area contributed by atoms with Crippen molar-refractivity contribution < 1.29 is 4.42 Å². The van der Waals surface area contributed by atoms with Crippen molar-refractivity contribution in [3.63, 3.8) is 0 Å². The van der Waals surface area contributed by atoms with Gasteiger partial charge in [0.15, 0.2) is 5.11 Å². The molecule has 2 N–H and O–H groups in total. The SMILES string of the molecule is S=C1NC(c2ccccn2)C(c2cccn2Cc2ccco2)N1CCCNc1ccccc1. The first-order valence-electron chi connectivity index (χ1n) is 11.2. The molecule has 33 heavy (non-hydrogen) atoms. The molecule has 4 aromatic rings. The molecule has 1 aliphatic rings. The molecular weight excluding hydrogens is 430 g/mol. The molecule has 1 aromatic carbocycles. The summed E-state index contributed by atoms with van der Waals surface area (Å²) in [4.78, 5) is 6.94. The highest BCUT2D eigenvalue weighted by Crippen LogP contribution is 2.39. The molecule has 0 aliphatic carbocycles. The molecule has 0 radical (unpaired) electrons. The summed E-state index contributed by atoms with van der Waals surface area (Å²) in [6.07, 6.45) is 6.61. The maximum atomic E-state index is 5.81. The van der Waals surface area contributed by atoms with Gasteiger partial charge in [0, 0.05) is 36.9 Å². The second kappa shape index (κ2) is 9.92. The second-order valence-corrected chi connectivity index (χ2v) is 8.49. The van der Waals surface area contributed by atoms with Gasteiger partial charge in [-0.1, -0.05) is 24.3 Å². The predicted molar refractivity (Wildman–Crippen MR) is 134 cm³/mol. The minimum atomic E-state index is -0.0222. The first-order chi connectivity index (χ1) is 16.3. The first-order valence-corrected chi connectivity index (χ1v) is 11.6. The molecule has 1 saturated heterocycles. The van der Waals surface area contributed by atoms with Gasteiger partial charge in [0.05, 0.1) is 30.6 Å². The van der Waals surface area contributed by atoms with Gasteiger partial charge in [-0.3, -0.25) is 4.98 Å². The number of aromatic nitrogens is 2. The van der Waals surface area contributed by atoms with Crippen LogP contribution in [-0.2, 0) is 6.54 Å². The lowest BCUT2D eigenvalue weighted by Gasteiger charge is -2.29. The zero-order valence-corrected chi connectivity index (χ0v) is 19.1. The Balaban J connectivity index is 1.37. The number of hydrogen-bond acceptors (Lipinski definition) is 4. The molecule has 168 valence electrons. The Bertz CT molecular complexity index is 1160. The summed E-state index contributed by atoms with van der Waals surface area (Å²) in [6.45, 7) is 2.39. The van der Waals surface area contributed by atoms with Gasteiger partial charge < -0.3 is 24.5 Å². The van der Waals surface area contributed by atoms with E-state index in [0.29, 0.717) is 6.54 Å². The monoisotopic (exact) mass is 457 g/mol. The van der Waals surface area contributed by atoms with Crippen LogP contribution in [0.25, 0.3) is 0 Å². The van der Waals surface area contributed by atoms with Crippen LogP contribution in [0.4, 0.5) is 5.69 Å². The van der Waals surface area contributed by atoms with Crippen LogP contribution in [-0.4, -0.2) is 32.7 Å². The maximum absolute atomic E-state index is 5.81. The largest absolute Gasteiger partial charge is 0.467 e. The minimum absolute atomic E-state index is 0.0222. The third-order valence-corrected chi connectivity index (χ3v) is 6.30. The summed E-state index contributed by atoms with van der Waals surface area (Å²) in [5.41, 5.74) is 3.31. The van der Waals surface area contributed by atoms with E-state index in [4.69, 9.17) is 16.6 Å². The van der Waals surface area contributed by atoms with Gasteiger partial charge in [0.25, 0.3) is 0 Å². The van der Waals surface area contributed by atoms with Crippen LogP contribution < -0.4 is 10.6 Å². The number of thiocarbonyl (C=S) groups is 1. The number of nitrogens with one attached hydrogen (secondary N) is 2. The Morgan fingerprint density at radius 3 is 2.67 bits per heavy atom. The molecule has 1 fully saturated rings. The summed E-state index contributed by atoms with van der Waals surface area (Å²) in [7, 11) is 0. The molecule has 0 amide bonds. The Morgan fingerprint density at radius 2 is 1.88 bits per heavy atom. The number of pyridine rings is 1. The van der Waals surface area contributed by atoms with E-state index in [9.17, 15) is 0 Å². The Labute approximate surface area is 199 Å². The molecule has 0 bridgehead atoms. The fourth-order valence-corrected chi connectivity index (χ4v) is 4.75. The van der Waals surface area contributed by atoms with E-state index in [-0.39, 0.29) is 12.1 Å². The number of anilines is 1. The van der Waals surface area contributed by atoms with Gasteiger partial charge in [-0.05, 0) is 67.2 Å². The molecule has 0 saturated carbocycles. The molecule has 0 spiro atoms. The van der Waals surface area contributed by atoms with Crippen LogP contribution in [0.3, 0.4) is 0 Å². The average molecular weight is 458 g/mol. The lowest BCUT2D eigenvalue weighted by atomic mass is 10.0. The summed E-state index contributed by atoms with van der Waals surface area (Å²) >= 11 is 5.81. The van der Waals surface area contributed by atoms with Crippen LogP contribution in [0.1, 0.15) is 35.7 Å². The third-order valence-electron chi connectivity index (χ3n) is 5.95. The Kier molecular flexibility index (Phi) is 6.39. The topological polar surface area (TPSA) is 58.3 Å². The van der Waals surface area contributed by atoms with Crippen molar-refractivity contribution in [2.24, 2.45) is 0 Å². The van der Waals surface area contributed by atoms with Gasteiger partial charge in [-0.15, -0.1) is 0 Å². The van der Waals surface area contributed by atoms with Gasteiger partial charge in [-0.25, -0.2) is 0 Å². The zero-order valence-electron chi connectivity index (χ0n) is 18.3. The summed E-state index contributed by atoms with van der Waals surface area (Å²) < 4.78 is 7.85. The van der Waals surface area contributed by atoms with Crippen molar-refractivity contribution in [1.29, 1.82) is 0 Å². The number of hydrogen-bond donors (Lipinski definition) is 2. The summed E-state index contributed by atoms with van der Waals surface area (Å²) in [5.74, 6) is 0.925. The van der Waals surface area contributed by atoms with Crippen molar-refractivity contribution in [2.75, 3.05) is 18.4 Å². The molecule has 5 rings (SSSR count). The van der Waals surface area contributed by atoms with Crippen LogP contribution in [0.2, 0.25) is 0 Å². The number of para-hydroxylation sites is 1. The molecule has 2 unspecified atom stereocenters. The van der Waals surface area contributed by atoms with Crippen LogP contribution >= 0.6 is 12.2 Å². The number of rotatable bonds is 9. The predicted octanol–water partition coefficient (Wildman–Crippen LogP) is 5.00. The molecule has 3 aromatic heterocycles. The Morgan fingerprint density at radius 1 is 1.00 bits per heavy atom. The molecule has 6 nitrogen and oxygen atoms in total. The van der Waals surface area contributed by atoms with E-state index >= 15 is 0 Å². The smallest absolute Gasteiger partial charge is 0.170 e. The lowest BCUT2D eigenvalue weighted by molar-refractivity contribution is 0.302. The van der Waals surface area contributed by atoms with Crippen LogP contribution in [0, 0.1) is 0 Å². The van der Waals surface area contributed by atoms with Gasteiger partial charge in [0.1, 0.15) is 5.76 Å². The fourth-order valence-electron chi connectivity index (χ4n) is 4.42. The molecule has 4 heterocycles. The van der Waals surface area contributed by atoms with Crippen molar-refractivity contribution in [1.82, 2.24) is 19.8 Å². The Hall–Kier alpha value is -3.58. The maximum Gasteiger partial charge on any atom is 0.170 e. The van der Waals surface area contributed by atoms with Gasteiger partial charge >= 0.3 is 0 Å². The van der Waals surface area contributed by atoms with Crippen LogP contribution in [0.15, 0.2) is 95.9 Å². The number of nitrogens with zero attached hydrogens (tertiary/aromatic N) is 3. The fraction of sp³-hybridized carbons (Fsp3) is 0.231. The zero-order chi connectivity index (χ0) is 22.5. The van der Waals surface area contributed by atoms with E-state index in [1.54, 1.807) is 6.26 Å². The van der Waals surface area contributed by atoms with Gasteiger partial charge in [-0.2, -0.15) is 0 Å². The molecule has 1 aliphatic heterocycles. The van der Waals surface area contributed by atoms with E-state index in [2.05, 4.69) is 61.6 Å². The van der Waals surface area contributed by atoms with Crippen LogP contribution in [0.5, 0.6) is 0 Å². The number of benzene rings is 1. The summed E-state index contributed by atoms with van der Waals surface area (Å²) in [6, 6.07) is 24.5. The normalized spacial score (nSPS) is 17.8. The quantitative estimate of drug-likeness (QED) is 0.273. The highest BCUT2D eigenvalue weighted by atomic mass is 32.1. The van der Waals surface area contributed by atoms with E-state index in [0.717, 1.165) is 41.8 Å². The minimum Gasteiger partial charge on any atom is -0.467 e. The second-order valence-electron chi connectivity index (χ2n) is 8.11. The summed E-state index contributed by atoms with van der Waals surface area (Å²) in [5, 5.41) is 7.80. The highest BCUT2D eigenvalue weighted by Gasteiger charge is 2.40. The van der Waals surface area contributed by atoms with Gasteiger partial charge in [0.2, 0.25) is 0 Å². The van der Waals surface area contributed by atoms with E-state index in [1.807, 2.05) is 48.7 Å². The van der Waals surface area contributed by atoms with Crippen molar-refractivity contribution >= 4 is 23.0 Å². The first kappa shape index (κ1) is 21.3.